The number of carbonyl (C=O) groups is 1. The van der Waals surface area contributed by atoms with Crippen molar-refractivity contribution in [1.82, 2.24) is 4.90 Å². The van der Waals surface area contributed by atoms with Gasteiger partial charge in [0.05, 0.1) is 10.0 Å². The smallest absolute Gasteiger partial charge is 0.254 e. The van der Waals surface area contributed by atoms with Crippen LogP contribution in [0, 0.1) is 5.92 Å². The lowest BCUT2D eigenvalue weighted by Gasteiger charge is -2.32. The van der Waals surface area contributed by atoms with Gasteiger partial charge in [0.15, 0.2) is 0 Å². The molecule has 1 saturated carbocycles. The van der Waals surface area contributed by atoms with Gasteiger partial charge in [0.25, 0.3) is 5.91 Å². The summed E-state index contributed by atoms with van der Waals surface area (Å²) < 4.78 is 0. The molecular weight excluding hydrogens is 295 g/mol. The minimum Gasteiger partial charge on any atom is -0.336 e. The highest BCUT2D eigenvalue weighted by Gasteiger charge is 2.33. The van der Waals surface area contributed by atoms with Crippen LogP contribution >= 0.6 is 23.2 Å². The second-order valence-corrected chi connectivity index (χ2v) is 6.03. The first-order valence-electron chi connectivity index (χ1n) is 7.04. The molecule has 2 rings (SSSR count). The maximum atomic E-state index is 12.7. The molecule has 1 aromatic carbocycles. The van der Waals surface area contributed by atoms with Gasteiger partial charge in [0, 0.05) is 18.2 Å². The lowest BCUT2D eigenvalue weighted by Crippen LogP contribution is -2.44. The minimum atomic E-state index is 0.0106. The fraction of sp³-hybridized carbons (Fsp3) is 0.533. The van der Waals surface area contributed by atoms with Gasteiger partial charge < -0.3 is 10.6 Å². The quantitative estimate of drug-likeness (QED) is 0.923. The minimum absolute atomic E-state index is 0.0106. The molecule has 1 fully saturated rings. The summed E-state index contributed by atoms with van der Waals surface area (Å²) in [5, 5.41) is 0.877. The third kappa shape index (κ3) is 3.11. The number of hydrogen-bond acceptors (Lipinski definition) is 2. The zero-order valence-electron chi connectivity index (χ0n) is 11.6. The van der Waals surface area contributed by atoms with E-state index >= 15 is 0 Å². The highest BCUT2D eigenvalue weighted by molar-refractivity contribution is 6.42. The van der Waals surface area contributed by atoms with E-state index in [0.717, 1.165) is 19.3 Å². The van der Waals surface area contributed by atoms with Crippen LogP contribution in [-0.4, -0.2) is 29.9 Å². The summed E-state index contributed by atoms with van der Waals surface area (Å²) in [5.74, 6) is 0.415. The number of hydrogen-bond donors (Lipinski definition) is 1. The van der Waals surface area contributed by atoms with Crippen LogP contribution in [0.2, 0.25) is 10.0 Å². The van der Waals surface area contributed by atoms with E-state index in [4.69, 9.17) is 28.9 Å². The summed E-state index contributed by atoms with van der Waals surface area (Å²) in [4.78, 5) is 14.6. The zero-order valence-corrected chi connectivity index (χ0v) is 13.1. The van der Waals surface area contributed by atoms with Gasteiger partial charge in [-0.15, -0.1) is 0 Å². The van der Waals surface area contributed by atoms with Crippen molar-refractivity contribution in [2.45, 2.75) is 32.2 Å². The van der Waals surface area contributed by atoms with Crippen LogP contribution in [0.25, 0.3) is 0 Å². The summed E-state index contributed by atoms with van der Waals surface area (Å²) in [6.07, 6.45) is 3.27. The lowest BCUT2D eigenvalue weighted by atomic mass is 10.0. The lowest BCUT2D eigenvalue weighted by molar-refractivity contribution is 0.0652. The van der Waals surface area contributed by atoms with Crippen molar-refractivity contribution in [3.8, 4) is 0 Å². The Bertz CT molecular complexity index is 493. The Morgan fingerprint density at radius 2 is 2.10 bits per heavy atom. The van der Waals surface area contributed by atoms with E-state index in [2.05, 4.69) is 0 Å². The number of nitrogens with two attached hydrogens (primary N) is 1. The zero-order chi connectivity index (χ0) is 14.7. The van der Waals surface area contributed by atoms with Gasteiger partial charge in [-0.1, -0.05) is 29.6 Å². The molecule has 0 spiro atoms. The topological polar surface area (TPSA) is 46.3 Å². The standard InChI is InChI=1S/C15H20Cl2N2O/c1-2-19(14-5-3-4-11(14)9-18)15(20)10-6-7-12(16)13(17)8-10/h6-8,11,14H,2-5,9,18H2,1H3. The third-order valence-electron chi connectivity index (χ3n) is 4.09. The van der Waals surface area contributed by atoms with E-state index in [9.17, 15) is 4.79 Å². The number of benzene rings is 1. The molecule has 0 aliphatic heterocycles. The van der Waals surface area contributed by atoms with Crippen LogP contribution in [0.5, 0.6) is 0 Å². The molecule has 1 aliphatic rings. The molecule has 110 valence electrons. The molecule has 0 saturated heterocycles. The van der Waals surface area contributed by atoms with Crippen molar-refractivity contribution in [2.75, 3.05) is 13.1 Å². The van der Waals surface area contributed by atoms with Gasteiger partial charge in [0.1, 0.15) is 0 Å². The molecule has 0 radical (unpaired) electrons. The first-order valence-corrected chi connectivity index (χ1v) is 7.80. The molecule has 0 heterocycles. The van der Waals surface area contributed by atoms with Crippen molar-refractivity contribution in [1.29, 1.82) is 0 Å². The van der Waals surface area contributed by atoms with E-state index in [0.29, 0.717) is 34.6 Å². The van der Waals surface area contributed by atoms with Crippen molar-refractivity contribution >= 4 is 29.1 Å². The second kappa shape index (κ2) is 6.79. The average molecular weight is 315 g/mol. The number of carbonyl (C=O) groups excluding carboxylic acids is 1. The number of rotatable bonds is 4. The third-order valence-corrected chi connectivity index (χ3v) is 4.83. The Kier molecular flexibility index (Phi) is 5.30. The largest absolute Gasteiger partial charge is 0.336 e. The summed E-state index contributed by atoms with van der Waals surface area (Å²) in [6, 6.07) is 5.28. The molecule has 1 aliphatic carbocycles. The molecule has 3 nitrogen and oxygen atoms in total. The van der Waals surface area contributed by atoms with Crippen LogP contribution in [-0.2, 0) is 0 Å². The Hall–Kier alpha value is -0.770. The molecule has 20 heavy (non-hydrogen) atoms. The van der Waals surface area contributed by atoms with Crippen LogP contribution < -0.4 is 5.73 Å². The summed E-state index contributed by atoms with van der Waals surface area (Å²) in [6.45, 7) is 3.32. The predicted octanol–water partition coefficient (Wildman–Crippen LogP) is 3.58. The normalized spacial score (nSPS) is 22.0. The molecule has 1 amide bonds. The van der Waals surface area contributed by atoms with E-state index in [-0.39, 0.29) is 11.9 Å². The molecule has 2 atom stereocenters. The van der Waals surface area contributed by atoms with Crippen LogP contribution in [0.3, 0.4) is 0 Å². The first-order chi connectivity index (χ1) is 9.58. The summed E-state index contributed by atoms with van der Waals surface area (Å²) >= 11 is 11.9. The molecule has 0 aromatic heterocycles. The molecule has 5 heteroatoms. The van der Waals surface area contributed by atoms with Gasteiger partial charge in [-0.3, -0.25) is 4.79 Å². The fourth-order valence-corrected chi connectivity index (χ4v) is 3.32. The van der Waals surface area contributed by atoms with Gasteiger partial charge >= 0.3 is 0 Å². The first kappa shape index (κ1) is 15.6. The maximum Gasteiger partial charge on any atom is 0.254 e. The summed E-state index contributed by atoms with van der Waals surface area (Å²) in [7, 11) is 0. The van der Waals surface area contributed by atoms with Crippen LogP contribution in [0.15, 0.2) is 18.2 Å². The Balaban J connectivity index is 2.22. The predicted molar refractivity (Wildman–Crippen MR) is 83.4 cm³/mol. The SMILES string of the molecule is CCN(C(=O)c1ccc(Cl)c(Cl)c1)C1CCCC1CN. The van der Waals surface area contributed by atoms with Gasteiger partial charge in [-0.2, -0.15) is 0 Å². The van der Waals surface area contributed by atoms with E-state index in [1.807, 2.05) is 11.8 Å². The van der Waals surface area contributed by atoms with E-state index in [1.165, 1.54) is 0 Å². The second-order valence-electron chi connectivity index (χ2n) is 5.21. The Labute approximate surface area is 130 Å². The highest BCUT2D eigenvalue weighted by Crippen LogP contribution is 2.31. The van der Waals surface area contributed by atoms with Crippen molar-refractivity contribution in [3.05, 3.63) is 33.8 Å². The highest BCUT2D eigenvalue weighted by atomic mass is 35.5. The number of halogens is 2. The van der Waals surface area contributed by atoms with Crippen molar-refractivity contribution in [3.63, 3.8) is 0 Å². The maximum absolute atomic E-state index is 12.7. The average Bonchev–Trinajstić information content (AvgIpc) is 2.91. The van der Waals surface area contributed by atoms with E-state index in [1.54, 1.807) is 18.2 Å². The van der Waals surface area contributed by atoms with Gasteiger partial charge in [-0.05, 0) is 50.4 Å². The van der Waals surface area contributed by atoms with Gasteiger partial charge in [0.2, 0.25) is 0 Å². The summed E-state index contributed by atoms with van der Waals surface area (Å²) in [5.41, 5.74) is 6.41. The molecule has 2 N–H and O–H groups in total. The van der Waals surface area contributed by atoms with E-state index < -0.39 is 0 Å². The Morgan fingerprint density at radius 1 is 1.35 bits per heavy atom. The van der Waals surface area contributed by atoms with Crippen LogP contribution in [0.4, 0.5) is 0 Å². The Morgan fingerprint density at radius 3 is 2.70 bits per heavy atom. The van der Waals surface area contributed by atoms with Gasteiger partial charge in [-0.25, -0.2) is 0 Å². The van der Waals surface area contributed by atoms with Crippen molar-refractivity contribution < 1.29 is 4.79 Å². The van der Waals surface area contributed by atoms with Crippen LogP contribution in [0.1, 0.15) is 36.5 Å². The molecular formula is C15H20Cl2N2O. The monoisotopic (exact) mass is 314 g/mol. The molecule has 1 aromatic rings. The number of nitrogens with zero attached hydrogens (tertiary/aromatic N) is 1. The molecule has 2 unspecified atom stereocenters. The fourth-order valence-electron chi connectivity index (χ4n) is 3.03. The van der Waals surface area contributed by atoms with Crippen molar-refractivity contribution in [2.24, 2.45) is 11.7 Å². The number of amides is 1. The molecule has 0 bridgehead atoms.